The summed E-state index contributed by atoms with van der Waals surface area (Å²) in [5, 5.41) is 2.72. The Hall–Kier alpha value is -1.84. The van der Waals surface area contributed by atoms with E-state index in [0.717, 1.165) is 17.5 Å². The predicted molar refractivity (Wildman–Crippen MR) is 68.0 cm³/mol. The van der Waals surface area contributed by atoms with Gasteiger partial charge in [-0.15, -0.1) is 0 Å². The minimum Gasteiger partial charge on any atom is -0.410 e. The quantitative estimate of drug-likeness (QED) is 0.830. The maximum atomic E-state index is 11.6. The molecule has 4 heteroatoms. The monoisotopic (exact) mass is 247 g/mol. The Bertz CT molecular complexity index is 500. The Balaban J connectivity index is 2.08. The number of benzene rings is 1. The number of ketones is 1. The number of aryl methyl sites for hydroxylation is 1. The van der Waals surface area contributed by atoms with E-state index in [1.165, 1.54) is 0 Å². The lowest BCUT2D eigenvalue weighted by molar-refractivity contribution is 0.0994. The highest BCUT2D eigenvalue weighted by molar-refractivity contribution is 6.00. The van der Waals surface area contributed by atoms with Crippen molar-refractivity contribution in [1.29, 1.82) is 0 Å². The molecule has 4 nitrogen and oxygen atoms in total. The molecule has 0 aliphatic heterocycles. The van der Waals surface area contributed by atoms with Crippen molar-refractivity contribution in [3.05, 3.63) is 29.3 Å². The van der Waals surface area contributed by atoms with Crippen molar-refractivity contribution in [2.75, 3.05) is 0 Å². The molecule has 0 aromatic heterocycles. The topological polar surface area (TPSA) is 55.4 Å². The average molecular weight is 247 g/mol. The normalized spacial score (nSPS) is 14.3. The van der Waals surface area contributed by atoms with E-state index in [1.54, 1.807) is 18.2 Å². The molecule has 0 saturated heterocycles. The van der Waals surface area contributed by atoms with Crippen molar-refractivity contribution in [3.8, 4) is 5.75 Å². The van der Waals surface area contributed by atoms with Gasteiger partial charge in [-0.2, -0.15) is 0 Å². The van der Waals surface area contributed by atoms with Crippen molar-refractivity contribution in [3.63, 3.8) is 0 Å². The lowest BCUT2D eigenvalue weighted by Crippen LogP contribution is -2.42. The molecular formula is C14H17NO3. The van der Waals surface area contributed by atoms with Crippen molar-refractivity contribution >= 4 is 11.9 Å². The van der Waals surface area contributed by atoms with Gasteiger partial charge in [0.2, 0.25) is 0 Å². The maximum Gasteiger partial charge on any atom is 0.413 e. The number of carbonyl (C=O) groups is 2. The minimum atomic E-state index is -0.480. The summed E-state index contributed by atoms with van der Waals surface area (Å²) in [7, 11) is 0. The van der Waals surface area contributed by atoms with Crippen LogP contribution in [0.25, 0.3) is 0 Å². The summed E-state index contributed by atoms with van der Waals surface area (Å²) in [5.74, 6) is 0.640. The number of nitrogens with one attached hydrogen (secondary N) is 1. The summed E-state index contributed by atoms with van der Waals surface area (Å²) in [6.07, 6.45) is 0.797. The second-order valence-electron chi connectivity index (χ2n) is 5.51. The van der Waals surface area contributed by atoms with Crippen molar-refractivity contribution in [1.82, 2.24) is 5.32 Å². The van der Waals surface area contributed by atoms with Crippen LogP contribution in [0.4, 0.5) is 4.79 Å². The molecule has 0 heterocycles. The predicted octanol–water partition coefficient (Wildman–Crippen LogP) is 2.70. The van der Waals surface area contributed by atoms with E-state index in [9.17, 15) is 9.59 Å². The van der Waals surface area contributed by atoms with E-state index in [1.807, 2.05) is 20.8 Å². The van der Waals surface area contributed by atoms with Crippen molar-refractivity contribution in [2.24, 2.45) is 0 Å². The van der Waals surface area contributed by atoms with E-state index in [4.69, 9.17) is 4.74 Å². The summed E-state index contributed by atoms with van der Waals surface area (Å²) >= 11 is 0. The van der Waals surface area contributed by atoms with Gasteiger partial charge in [0.15, 0.2) is 5.78 Å². The van der Waals surface area contributed by atoms with Crippen LogP contribution in [-0.2, 0) is 6.42 Å². The van der Waals surface area contributed by atoms with Crippen molar-refractivity contribution < 1.29 is 14.3 Å². The van der Waals surface area contributed by atoms with E-state index in [0.29, 0.717) is 12.2 Å². The molecule has 1 aliphatic carbocycles. The lowest BCUT2D eigenvalue weighted by Gasteiger charge is -2.19. The number of hydrogen-bond acceptors (Lipinski definition) is 3. The Morgan fingerprint density at radius 2 is 2.00 bits per heavy atom. The smallest absolute Gasteiger partial charge is 0.410 e. The standard InChI is InChI=1S/C14H17NO3/c1-14(2,3)15-13(17)18-10-5-6-11-9(8-10)4-7-12(11)16/h5-6,8H,4,7H2,1-3H3,(H,15,17). The molecule has 1 aliphatic rings. The first-order valence-electron chi connectivity index (χ1n) is 6.01. The highest BCUT2D eigenvalue weighted by Crippen LogP contribution is 2.26. The van der Waals surface area contributed by atoms with Gasteiger partial charge in [-0.25, -0.2) is 4.79 Å². The van der Waals surface area contributed by atoms with E-state index < -0.39 is 6.09 Å². The molecule has 0 fully saturated rings. The first kappa shape index (κ1) is 12.6. The van der Waals surface area contributed by atoms with Crippen LogP contribution in [0, 0.1) is 0 Å². The molecule has 0 saturated carbocycles. The molecular weight excluding hydrogens is 230 g/mol. The fraction of sp³-hybridized carbons (Fsp3) is 0.429. The third kappa shape index (κ3) is 2.88. The summed E-state index contributed by atoms with van der Waals surface area (Å²) in [4.78, 5) is 23.1. The van der Waals surface area contributed by atoms with Gasteiger partial charge in [-0.1, -0.05) is 0 Å². The fourth-order valence-corrected chi connectivity index (χ4v) is 1.93. The van der Waals surface area contributed by atoms with E-state index in [-0.39, 0.29) is 11.3 Å². The van der Waals surface area contributed by atoms with Crippen LogP contribution < -0.4 is 10.1 Å². The van der Waals surface area contributed by atoms with Gasteiger partial charge in [0.05, 0.1) is 0 Å². The summed E-state index contributed by atoms with van der Waals surface area (Å²) in [6, 6.07) is 5.15. The van der Waals surface area contributed by atoms with Gasteiger partial charge in [0.25, 0.3) is 0 Å². The highest BCUT2D eigenvalue weighted by Gasteiger charge is 2.21. The Labute approximate surface area is 106 Å². The first-order valence-corrected chi connectivity index (χ1v) is 6.01. The van der Waals surface area contributed by atoms with Crippen LogP contribution in [0.3, 0.4) is 0 Å². The van der Waals surface area contributed by atoms with Crippen LogP contribution in [-0.4, -0.2) is 17.4 Å². The van der Waals surface area contributed by atoms with Gasteiger partial charge in [0, 0.05) is 17.5 Å². The van der Waals surface area contributed by atoms with Gasteiger partial charge < -0.3 is 10.1 Å². The number of amides is 1. The lowest BCUT2D eigenvalue weighted by atomic mass is 10.1. The molecule has 0 spiro atoms. The Morgan fingerprint density at radius 1 is 1.28 bits per heavy atom. The van der Waals surface area contributed by atoms with Gasteiger partial charge in [-0.05, 0) is 51.0 Å². The number of ether oxygens (including phenoxy) is 1. The molecule has 18 heavy (non-hydrogen) atoms. The Kier molecular flexibility index (Phi) is 3.11. The van der Waals surface area contributed by atoms with E-state index >= 15 is 0 Å². The third-order valence-corrected chi connectivity index (χ3v) is 2.69. The zero-order chi connectivity index (χ0) is 13.3. The molecule has 1 N–H and O–H groups in total. The number of hydrogen-bond donors (Lipinski definition) is 1. The van der Waals surface area contributed by atoms with Crippen LogP contribution >= 0.6 is 0 Å². The second-order valence-corrected chi connectivity index (χ2v) is 5.51. The zero-order valence-corrected chi connectivity index (χ0v) is 10.9. The largest absolute Gasteiger partial charge is 0.413 e. The van der Waals surface area contributed by atoms with Gasteiger partial charge in [-0.3, -0.25) is 4.79 Å². The van der Waals surface area contributed by atoms with Gasteiger partial charge >= 0.3 is 6.09 Å². The molecule has 2 rings (SSSR count). The number of Topliss-reactive ketones (excluding diaryl/α,β-unsaturated/α-hetero) is 1. The van der Waals surface area contributed by atoms with Crippen LogP contribution in [0.15, 0.2) is 18.2 Å². The molecule has 0 radical (unpaired) electrons. The highest BCUT2D eigenvalue weighted by atomic mass is 16.6. The molecule has 0 bridgehead atoms. The van der Waals surface area contributed by atoms with Crippen LogP contribution in [0.2, 0.25) is 0 Å². The fourth-order valence-electron chi connectivity index (χ4n) is 1.93. The SMILES string of the molecule is CC(C)(C)NC(=O)Oc1ccc2c(c1)CCC2=O. The number of rotatable bonds is 1. The summed E-state index contributed by atoms with van der Waals surface area (Å²) in [6.45, 7) is 5.65. The van der Waals surface area contributed by atoms with Gasteiger partial charge in [0.1, 0.15) is 5.75 Å². The molecule has 1 aromatic carbocycles. The molecule has 1 amide bonds. The molecule has 0 unspecified atom stereocenters. The van der Waals surface area contributed by atoms with Crippen molar-refractivity contribution in [2.45, 2.75) is 39.2 Å². The minimum absolute atomic E-state index is 0.163. The van der Waals surface area contributed by atoms with E-state index in [2.05, 4.69) is 5.32 Å². The third-order valence-electron chi connectivity index (χ3n) is 2.69. The summed E-state index contributed by atoms with van der Waals surface area (Å²) < 4.78 is 5.19. The average Bonchev–Trinajstić information content (AvgIpc) is 2.57. The number of carbonyl (C=O) groups excluding carboxylic acids is 2. The number of fused-ring (bicyclic) bond motifs is 1. The maximum absolute atomic E-state index is 11.6. The molecule has 0 atom stereocenters. The molecule has 96 valence electrons. The molecule has 1 aromatic rings. The van der Waals surface area contributed by atoms with Crippen LogP contribution in [0.5, 0.6) is 5.75 Å². The van der Waals surface area contributed by atoms with Crippen LogP contribution in [0.1, 0.15) is 43.1 Å². The Morgan fingerprint density at radius 3 is 2.67 bits per heavy atom. The first-order chi connectivity index (χ1) is 8.35. The second kappa shape index (κ2) is 4.44. The summed E-state index contributed by atoms with van der Waals surface area (Å²) in [5.41, 5.74) is 1.38. The zero-order valence-electron chi connectivity index (χ0n) is 10.9.